The van der Waals surface area contributed by atoms with Gasteiger partial charge in [-0.15, -0.1) is 0 Å². The number of rotatable bonds is 8. The summed E-state index contributed by atoms with van der Waals surface area (Å²) in [6.07, 6.45) is 0.651. The quantitative estimate of drug-likeness (QED) is 0.286. The first-order chi connectivity index (χ1) is 16.3. The maximum absolute atomic E-state index is 13.4. The number of hydrogen-bond acceptors (Lipinski definition) is 5. The van der Waals surface area contributed by atoms with Gasteiger partial charge < -0.3 is 15.7 Å². The van der Waals surface area contributed by atoms with Crippen LogP contribution in [0.2, 0.25) is 0 Å². The summed E-state index contributed by atoms with van der Waals surface area (Å²) in [6.45, 7) is 3.69. The second kappa shape index (κ2) is 10.0. The smallest absolute Gasteiger partial charge is 0.326 e. The molecule has 3 aromatic carbocycles. The lowest BCUT2D eigenvalue weighted by Crippen LogP contribution is -2.45. The van der Waals surface area contributed by atoms with Crippen molar-refractivity contribution in [3.05, 3.63) is 78.1 Å². The van der Waals surface area contributed by atoms with E-state index in [0.717, 1.165) is 27.0 Å². The van der Waals surface area contributed by atoms with Crippen LogP contribution in [0, 0.1) is 11.7 Å². The first kappa shape index (κ1) is 23.4. The predicted octanol–water partition coefficient (Wildman–Crippen LogP) is 6.08. The third kappa shape index (κ3) is 5.23. The van der Waals surface area contributed by atoms with Crippen LogP contribution in [0.25, 0.3) is 21.3 Å². The number of fused-ring (bicyclic) bond motifs is 1. The van der Waals surface area contributed by atoms with E-state index in [1.165, 1.54) is 23.5 Å². The van der Waals surface area contributed by atoms with Crippen LogP contribution < -0.4 is 10.6 Å². The largest absolute Gasteiger partial charge is 0.480 e. The number of anilines is 2. The van der Waals surface area contributed by atoms with E-state index < -0.39 is 17.9 Å². The average Bonchev–Trinajstić information content (AvgIpc) is 3.23. The number of amides is 1. The Kier molecular flexibility index (Phi) is 6.88. The lowest BCUT2D eigenvalue weighted by Gasteiger charge is -2.20. The van der Waals surface area contributed by atoms with E-state index in [-0.39, 0.29) is 11.7 Å². The molecule has 0 spiro atoms. The summed E-state index contributed by atoms with van der Waals surface area (Å²) in [7, 11) is 0. The molecule has 3 N–H and O–H groups in total. The van der Waals surface area contributed by atoms with Crippen LogP contribution in [0.15, 0.2) is 66.7 Å². The summed E-state index contributed by atoms with van der Waals surface area (Å²) in [5, 5.41) is 15.9. The second-order valence-electron chi connectivity index (χ2n) is 8.09. The third-order valence-corrected chi connectivity index (χ3v) is 6.67. The Bertz CT molecular complexity index is 1320. The van der Waals surface area contributed by atoms with Crippen molar-refractivity contribution in [1.29, 1.82) is 0 Å². The molecular formula is C26H24FN3O3S. The van der Waals surface area contributed by atoms with Gasteiger partial charge in [0.05, 0.1) is 10.2 Å². The number of nitrogens with one attached hydrogen (secondary N) is 2. The molecule has 0 aliphatic heterocycles. The van der Waals surface area contributed by atoms with Gasteiger partial charge in [0.1, 0.15) is 11.9 Å². The number of benzene rings is 3. The topological polar surface area (TPSA) is 91.3 Å². The van der Waals surface area contributed by atoms with Crippen molar-refractivity contribution in [3.63, 3.8) is 0 Å². The van der Waals surface area contributed by atoms with Crippen LogP contribution in [0.1, 0.15) is 30.6 Å². The van der Waals surface area contributed by atoms with E-state index in [4.69, 9.17) is 0 Å². The van der Waals surface area contributed by atoms with E-state index in [0.29, 0.717) is 17.1 Å². The summed E-state index contributed by atoms with van der Waals surface area (Å²) >= 11 is 1.38. The average molecular weight is 478 g/mol. The summed E-state index contributed by atoms with van der Waals surface area (Å²) < 4.78 is 14.2. The van der Waals surface area contributed by atoms with Crippen molar-refractivity contribution < 1.29 is 19.1 Å². The number of nitrogens with zero attached hydrogens (tertiary/aromatic N) is 1. The molecule has 1 aromatic heterocycles. The van der Waals surface area contributed by atoms with Gasteiger partial charge in [0.15, 0.2) is 5.13 Å². The Morgan fingerprint density at radius 2 is 1.68 bits per heavy atom. The van der Waals surface area contributed by atoms with Crippen molar-refractivity contribution in [1.82, 2.24) is 10.3 Å². The summed E-state index contributed by atoms with van der Waals surface area (Å²) in [5.41, 5.74) is 3.89. The molecule has 0 unspecified atom stereocenters. The fourth-order valence-corrected chi connectivity index (χ4v) is 4.45. The first-order valence-electron chi connectivity index (χ1n) is 10.9. The number of thiazole rings is 1. The molecule has 174 valence electrons. The highest BCUT2D eigenvalue weighted by atomic mass is 32.1. The Labute approximate surface area is 200 Å². The molecule has 0 fully saturated rings. The van der Waals surface area contributed by atoms with E-state index in [2.05, 4.69) is 15.6 Å². The van der Waals surface area contributed by atoms with Crippen molar-refractivity contribution in [2.24, 2.45) is 5.92 Å². The molecule has 6 nitrogen and oxygen atoms in total. The molecule has 1 heterocycles. The maximum atomic E-state index is 13.4. The highest BCUT2D eigenvalue weighted by Gasteiger charge is 2.25. The lowest BCUT2D eigenvalue weighted by atomic mass is 9.98. The van der Waals surface area contributed by atoms with Crippen LogP contribution >= 0.6 is 11.3 Å². The molecule has 0 aliphatic carbocycles. The zero-order chi connectivity index (χ0) is 24.2. The van der Waals surface area contributed by atoms with Gasteiger partial charge in [0.2, 0.25) is 0 Å². The van der Waals surface area contributed by atoms with E-state index in [1.807, 2.05) is 43.3 Å². The molecule has 2 atom stereocenters. The number of hydrogen-bond donors (Lipinski definition) is 3. The van der Waals surface area contributed by atoms with E-state index >= 15 is 0 Å². The van der Waals surface area contributed by atoms with Crippen molar-refractivity contribution in [2.75, 3.05) is 5.32 Å². The fourth-order valence-electron chi connectivity index (χ4n) is 3.54. The number of carbonyl (C=O) groups is 2. The van der Waals surface area contributed by atoms with Gasteiger partial charge in [-0.25, -0.2) is 14.2 Å². The van der Waals surface area contributed by atoms with Crippen LogP contribution in [0.5, 0.6) is 0 Å². The van der Waals surface area contributed by atoms with Gasteiger partial charge in [-0.3, -0.25) is 4.79 Å². The molecule has 4 rings (SSSR count). The van der Waals surface area contributed by atoms with Gasteiger partial charge in [-0.05, 0) is 59.5 Å². The van der Waals surface area contributed by atoms with Crippen LogP contribution in [0.3, 0.4) is 0 Å². The highest BCUT2D eigenvalue weighted by molar-refractivity contribution is 7.22. The Hall–Kier alpha value is -3.78. The van der Waals surface area contributed by atoms with E-state index in [1.54, 1.807) is 25.1 Å². The number of carbonyl (C=O) groups excluding carboxylic acids is 1. The Morgan fingerprint density at radius 1 is 1.03 bits per heavy atom. The zero-order valence-corrected chi connectivity index (χ0v) is 19.5. The molecule has 4 aromatic rings. The minimum atomic E-state index is -1.04. The molecule has 0 aliphatic rings. The molecule has 34 heavy (non-hydrogen) atoms. The van der Waals surface area contributed by atoms with Gasteiger partial charge in [-0.1, -0.05) is 55.9 Å². The molecule has 8 heteroatoms. The van der Waals surface area contributed by atoms with Crippen LogP contribution in [-0.2, 0) is 4.79 Å². The molecule has 0 saturated carbocycles. The first-order valence-corrected chi connectivity index (χ1v) is 11.7. The minimum Gasteiger partial charge on any atom is -0.480 e. The predicted molar refractivity (Wildman–Crippen MR) is 133 cm³/mol. The number of halogens is 1. The normalized spacial score (nSPS) is 12.8. The van der Waals surface area contributed by atoms with Crippen LogP contribution in [-0.4, -0.2) is 28.0 Å². The van der Waals surface area contributed by atoms with Gasteiger partial charge in [0, 0.05) is 11.3 Å². The number of carboxylic acid groups (broad SMARTS) is 1. The third-order valence-electron chi connectivity index (χ3n) is 5.73. The summed E-state index contributed by atoms with van der Waals surface area (Å²) in [4.78, 5) is 28.5. The SMILES string of the molecule is CC[C@H](C)[C@H](NC(=O)c1ccc(-c2ccc(Nc3nc4ccc(F)cc4s3)cc2)cc1)C(=O)O. The summed E-state index contributed by atoms with van der Waals surface area (Å²) in [5.74, 6) is -1.90. The molecule has 1 amide bonds. The number of aliphatic carboxylic acids is 1. The second-order valence-corrected chi connectivity index (χ2v) is 9.12. The fraction of sp³-hybridized carbons (Fsp3) is 0.192. The van der Waals surface area contributed by atoms with Gasteiger partial charge >= 0.3 is 5.97 Å². The summed E-state index contributed by atoms with van der Waals surface area (Å²) in [6, 6.07) is 18.4. The van der Waals surface area contributed by atoms with E-state index in [9.17, 15) is 19.1 Å². The molecule has 0 saturated heterocycles. The van der Waals surface area contributed by atoms with Crippen LogP contribution in [0.4, 0.5) is 15.2 Å². The Balaban J connectivity index is 1.43. The Morgan fingerprint density at radius 3 is 2.29 bits per heavy atom. The molecule has 0 bridgehead atoms. The number of aromatic nitrogens is 1. The van der Waals surface area contributed by atoms with Crippen molar-refractivity contribution >= 4 is 44.2 Å². The van der Waals surface area contributed by atoms with Crippen molar-refractivity contribution in [3.8, 4) is 11.1 Å². The minimum absolute atomic E-state index is 0.170. The van der Waals surface area contributed by atoms with Gasteiger partial charge in [0.25, 0.3) is 5.91 Å². The highest BCUT2D eigenvalue weighted by Crippen LogP contribution is 2.30. The standard InChI is InChI=1S/C26H24FN3O3S/c1-3-15(2)23(25(32)33)30-24(31)18-6-4-16(5-7-18)17-8-11-20(12-9-17)28-26-29-21-13-10-19(27)14-22(21)34-26/h4-15,23H,3H2,1-2H3,(H,28,29)(H,30,31)(H,32,33)/t15-,23-/m0/s1. The monoisotopic (exact) mass is 477 g/mol. The zero-order valence-electron chi connectivity index (χ0n) is 18.7. The van der Waals surface area contributed by atoms with Gasteiger partial charge in [-0.2, -0.15) is 0 Å². The number of carboxylic acids is 1. The maximum Gasteiger partial charge on any atom is 0.326 e. The molecule has 0 radical (unpaired) electrons. The molecular weight excluding hydrogens is 453 g/mol. The van der Waals surface area contributed by atoms with Crippen molar-refractivity contribution in [2.45, 2.75) is 26.3 Å². The lowest BCUT2D eigenvalue weighted by molar-refractivity contribution is -0.140.